The van der Waals surface area contributed by atoms with Crippen LogP contribution in [0.25, 0.3) is 5.57 Å². The summed E-state index contributed by atoms with van der Waals surface area (Å²) >= 11 is 0. The SMILES string of the molecule is CCc1ccc(C2=CCN(CC)CC2)nc1CC. The summed E-state index contributed by atoms with van der Waals surface area (Å²) in [6, 6.07) is 4.46. The Bertz CT molecular complexity index is 435. The lowest BCUT2D eigenvalue weighted by molar-refractivity contribution is 0.318. The maximum Gasteiger partial charge on any atom is 0.0662 e. The second-order valence-corrected chi connectivity index (χ2v) is 4.88. The Morgan fingerprint density at radius 3 is 2.56 bits per heavy atom. The van der Waals surface area contributed by atoms with Crippen molar-refractivity contribution in [2.45, 2.75) is 40.0 Å². The Kier molecular flexibility index (Phi) is 4.54. The Morgan fingerprint density at radius 1 is 1.17 bits per heavy atom. The van der Waals surface area contributed by atoms with E-state index in [0.717, 1.165) is 32.4 Å². The van der Waals surface area contributed by atoms with Crippen molar-refractivity contribution < 1.29 is 0 Å². The third kappa shape index (κ3) is 2.81. The average molecular weight is 244 g/mol. The standard InChI is InChI=1S/C16H24N2/c1-4-13-7-8-16(17-15(13)5-2)14-9-11-18(6-3)12-10-14/h7-9H,4-6,10-12H2,1-3H3. The van der Waals surface area contributed by atoms with E-state index in [0.29, 0.717) is 0 Å². The van der Waals surface area contributed by atoms with E-state index in [1.807, 2.05) is 0 Å². The molecular weight excluding hydrogens is 220 g/mol. The number of pyridine rings is 1. The molecule has 0 saturated carbocycles. The van der Waals surface area contributed by atoms with Crippen molar-refractivity contribution in [3.63, 3.8) is 0 Å². The first-order valence-corrected chi connectivity index (χ1v) is 7.19. The summed E-state index contributed by atoms with van der Waals surface area (Å²) in [5, 5.41) is 0. The molecular formula is C16H24N2. The first-order chi connectivity index (χ1) is 8.78. The molecule has 1 aromatic rings. The third-order valence-corrected chi connectivity index (χ3v) is 3.85. The van der Waals surface area contributed by atoms with Gasteiger partial charge in [-0.25, -0.2) is 0 Å². The Balaban J connectivity index is 2.21. The smallest absolute Gasteiger partial charge is 0.0662 e. The monoisotopic (exact) mass is 244 g/mol. The molecule has 2 heteroatoms. The van der Waals surface area contributed by atoms with Gasteiger partial charge in [-0.05, 0) is 43.0 Å². The van der Waals surface area contributed by atoms with Crippen molar-refractivity contribution in [2.75, 3.05) is 19.6 Å². The number of hydrogen-bond acceptors (Lipinski definition) is 2. The quantitative estimate of drug-likeness (QED) is 0.807. The molecule has 2 rings (SSSR count). The van der Waals surface area contributed by atoms with Gasteiger partial charge in [0.05, 0.1) is 5.69 Å². The van der Waals surface area contributed by atoms with Gasteiger partial charge in [0.1, 0.15) is 0 Å². The molecule has 0 aromatic carbocycles. The molecule has 98 valence electrons. The molecule has 0 amide bonds. The molecule has 1 aliphatic rings. The number of aryl methyl sites for hydroxylation is 2. The van der Waals surface area contributed by atoms with Gasteiger partial charge in [0, 0.05) is 18.8 Å². The zero-order valence-corrected chi connectivity index (χ0v) is 11.9. The fourth-order valence-corrected chi connectivity index (χ4v) is 2.57. The number of aromatic nitrogens is 1. The van der Waals surface area contributed by atoms with Crippen LogP contribution in [0.15, 0.2) is 18.2 Å². The van der Waals surface area contributed by atoms with E-state index in [1.165, 1.54) is 29.1 Å². The maximum absolute atomic E-state index is 4.85. The van der Waals surface area contributed by atoms with E-state index >= 15 is 0 Å². The van der Waals surface area contributed by atoms with Crippen molar-refractivity contribution in [2.24, 2.45) is 0 Å². The predicted octanol–water partition coefficient (Wildman–Crippen LogP) is 3.32. The zero-order valence-electron chi connectivity index (χ0n) is 11.9. The van der Waals surface area contributed by atoms with Crippen LogP contribution in [0, 0.1) is 0 Å². The van der Waals surface area contributed by atoms with E-state index in [2.05, 4.69) is 43.9 Å². The number of rotatable bonds is 4. The molecule has 0 fully saturated rings. The zero-order chi connectivity index (χ0) is 13.0. The average Bonchev–Trinajstić information content (AvgIpc) is 2.46. The molecule has 0 bridgehead atoms. The van der Waals surface area contributed by atoms with E-state index in [4.69, 9.17) is 4.98 Å². The minimum atomic E-state index is 1.03. The lowest BCUT2D eigenvalue weighted by Crippen LogP contribution is -2.28. The minimum absolute atomic E-state index is 1.03. The molecule has 0 atom stereocenters. The van der Waals surface area contributed by atoms with Crippen LogP contribution in [-0.4, -0.2) is 29.5 Å². The summed E-state index contributed by atoms with van der Waals surface area (Å²) in [6.45, 7) is 10.0. The second kappa shape index (κ2) is 6.14. The predicted molar refractivity (Wildman–Crippen MR) is 77.7 cm³/mol. The summed E-state index contributed by atoms with van der Waals surface area (Å²) < 4.78 is 0. The summed E-state index contributed by atoms with van der Waals surface area (Å²) in [7, 11) is 0. The lowest BCUT2D eigenvalue weighted by Gasteiger charge is -2.24. The van der Waals surface area contributed by atoms with E-state index in [1.54, 1.807) is 0 Å². The van der Waals surface area contributed by atoms with Crippen LogP contribution < -0.4 is 0 Å². The lowest BCUT2D eigenvalue weighted by atomic mass is 10.0. The van der Waals surface area contributed by atoms with Crippen molar-refractivity contribution in [3.05, 3.63) is 35.2 Å². The van der Waals surface area contributed by atoms with E-state index in [-0.39, 0.29) is 0 Å². The molecule has 0 radical (unpaired) electrons. The van der Waals surface area contributed by atoms with Crippen LogP contribution >= 0.6 is 0 Å². The largest absolute Gasteiger partial charge is 0.300 e. The summed E-state index contributed by atoms with van der Waals surface area (Å²) in [5.41, 5.74) is 5.29. The highest BCUT2D eigenvalue weighted by atomic mass is 15.1. The minimum Gasteiger partial charge on any atom is -0.300 e. The summed E-state index contributed by atoms with van der Waals surface area (Å²) in [4.78, 5) is 7.31. The number of hydrogen-bond donors (Lipinski definition) is 0. The van der Waals surface area contributed by atoms with Crippen LogP contribution in [0.3, 0.4) is 0 Å². The van der Waals surface area contributed by atoms with Gasteiger partial charge in [-0.2, -0.15) is 0 Å². The Morgan fingerprint density at radius 2 is 2.00 bits per heavy atom. The molecule has 0 aliphatic carbocycles. The van der Waals surface area contributed by atoms with Crippen LogP contribution in [0.5, 0.6) is 0 Å². The highest BCUT2D eigenvalue weighted by molar-refractivity contribution is 5.64. The highest BCUT2D eigenvalue weighted by Gasteiger charge is 2.13. The number of nitrogens with zero attached hydrogens (tertiary/aromatic N) is 2. The molecule has 0 N–H and O–H groups in total. The van der Waals surface area contributed by atoms with Gasteiger partial charge in [0.2, 0.25) is 0 Å². The molecule has 2 heterocycles. The van der Waals surface area contributed by atoms with Crippen LogP contribution in [-0.2, 0) is 12.8 Å². The van der Waals surface area contributed by atoms with E-state index in [9.17, 15) is 0 Å². The van der Waals surface area contributed by atoms with Crippen LogP contribution in [0.1, 0.15) is 44.1 Å². The van der Waals surface area contributed by atoms with Gasteiger partial charge in [0.15, 0.2) is 0 Å². The summed E-state index contributed by atoms with van der Waals surface area (Å²) in [6.07, 6.45) is 5.60. The van der Waals surface area contributed by atoms with Gasteiger partial charge < -0.3 is 0 Å². The fourth-order valence-electron chi connectivity index (χ4n) is 2.57. The van der Waals surface area contributed by atoms with Crippen molar-refractivity contribution in [3.8, 4) is 0 Å². The molecule has 0 unspecified atom stereocenters. The first-order valence-electron chi connectivity index (χ1n) is 7.19. The third-order valence-electron chi connectivity index (χ3n) is 3.85. The fraction of sp³-hybridized carbons (Fsp3) is 0.562. The second-order valence-electron chi connectivity index (χ2n) is 4.88. The first kappa shape index (κ1) is 13.3. The van der Waals surface area contributed by atoms with Crippen molar-refractivity contribution in [1.29, 1.82) is 0 Å². The van der Waals surface area contributed by atoms with Gasteiger partial charge in [-0.3, -0.25) is 9.88 Å². The molecule has 0 saturated heterocycles. The number of likely N-dealkylation sites (N-methyl/N-ethyl adjacent to an activating group) is 1. The van der Waals surface area contributed by atoms with Crippen LogP contribution in [0.2, 0.25) is 0 Å². The van der Waals surface area contributed by atoms with Gasteiger partial charge >= 0.3 is 0 Å². The Labute approximate surface area is 111 Å². The molecule has 2 nitrogen and oxygen atoms in total. The Hall–Kier alpha value is -1.15. The molecule has 1 aromatic heterocycles. The summed E-state index contributed by atoms with van der Waals surface area (Å²) in [5.74, 6) is 0. The molecule has 0 spiro atoms. The molecule has 1 aliphatic heterocycles. The van der Waals surface area contributed by atoms with E-state index < -0.39 is 0 Å². The van der Waals surface area contributed by atoms with Gasteiger partial charge in [-0.15, -0.1) is 0 Å². The molecule has 18 heavy (non-hydrogen) atoms. The van der Waals surface area contributed by atoms with Crippen molar-refractivity contribution in [1.82, 2.24) is 9.88 Å². The highest BCUT2D eigenvalue weighted by Crippen LogP contribution is 2.22. The van der Waals surface area contributed by atoms with Crippen LogP contribution in [0.4, 0.5) is 0 Å². The van der Waals surface area contributed by atoms with Gasteiger partial charge in [-0.1, -0.05) is 32.9 Å². The topological polar surface area (TPSA) is 16.1 Å². The van der Waals surface area contributed by atoms with Crippen molar-refractivity contribution >= 4 is 5.57 Å². The van der Waals surface area contributed by atoms with Gasteiger partial charge in [0.25, 0.3) is 0 Å². The maximum atomic E-state index is 4.85. The normalized spacial score (nSPS) is 16.7.